The first-order chi connectivity index (χ1) is 10.2. The van der Waals surface area contributed by atoms with Crippen molar-refractivity contribution in [3.63, 3.8) is 0 Å². The molecule has 0 aromatic heterocycles. The normalized spacial score (nSPS) is 10.4. The van der Waals surface area contributed by atoms with Gasteiger partial charge in [-0.3, -0.25) is 0 Å². The summed E-state index contributed by atoms with van der Waals surface area (Å²) >= 11 is 0. The zero-order valence-electron chi connectivity index (χ0n) is 13.3. The van der Waals surface area contributed by atoms with Gasteiger partial charge in [0.2, 0.25) is 0 Å². The maximum Gasteiger partial charge on any atom is 0.119 e. The van der Waals surface area contributed by atoms with Crippen LogP contribution in [0.3, 0.4) is 0 Å². The van der Waals surface area contributed by atoms with Crippen molar-refractivity contribution in [2.24, 2.45) is 0 Å². The molecule has 0 aliphatic heterocycles. The van der Waals surface area contributed by atoms with Gasteiger partial charge in [0.15, 0.2) is 0 Å². The minimum Gasteiger partial charge on any atom is -0.494 e. The predicted octanol–water partition coefficient (Wildman–Crippen LogP) is 5.09. The number of rotatable bonds is 7. The van der Waals surface area contributed by atoms with Gasteiger partial charge in [0.25, 0.3) is 0 Å². The molecule has 0 saturated carbocycles. The summed E-state index contributed by atoms with van der Waals surface area (Å²) in [7, 11) is 0. The van der Waals surface area contributed by atoms with Crippen molar-refractivity contribution >= 4 is 5.69 Å². The summed E-state index contributed by atoms with van der Waals surface area (Å²) in [5, 5.41) is 3.53. The third-order valence-electron chi connectivity index (χ3n) is 3.64. The number of aryl methyl sites for hydroxylation is 2. The zero-order chi connectivity index (χ0) is 15.1. The topological polar surface area (TPSA) is 21.3 Å². The van der Waals surface area contributed by atoms with Crippen molar-refractivity contribution in [3.05, 3.63) is 59.2 Å². The molecule has 0 radical (unpaired) electrons. The van der Waals surface area contributed by atoms with E-state index in [4.69, 9.17) is 4.74 Å². The molecule has 2 aromatic carbocycles. The SMILES string of the molecule is CCCCOc1ccc(CNc2c(C)cccc2C)cc1. The van der Waals surface area contributed by atoms with Crippen LogP contribution in [0.25, 0.3) is 0 Å². The highest BCUT2D eigenvalue weighted by Gasteiger charge is 2.02. The quantitative estimate of drug-likeness (QED) is 0.714. The first-order valence-electron chi connectivity index (χ1n) is 7.72. The minimum atomic E-state index is 0.802. The van der Waals surface area contributed by atoms with Crippen molar-refractivity contribution in [1.82, 2.24) is 0 Å². The largest absolute Gasteiger partial charge is 0.494 e. The molecule has 2 nitrogen and oxygen atoms in total. The summed E-state index contributed by atoms with van der Waals surface area (Å²) in [4.78, 5) is 0. The number of benzene rings is 2. The molecule has 0 aliphatic carbocycles. The van der Waals surface area contributed by atoms with Crippen LogP contribution >= 0.6 is 0 Å². The van der Waals surface area contributed by atoms with Crippen molar-refractivity contribution in [2.75, 3.05) is 11.9 Å². The van der Waals surface area contributed by atoms with Crippen molar-refractivity contribution in [1.29, 1.82) is 0 Å². The Kier molecular flexibility index (Phi) is 5.68. The second-order valence-corrected chi connectivity index (χ2v) is 5.47. The summed E-state index contributed by atoms with van der Waals surface area (Å²) in [6.45, 7) is 8.09. The molecular formula is C19H25NO. The highest BCUT2D eigenvalue weighted by atomic mass is 16.5. The maximum atomic E-state index is 5.68. The van der Waals surface area contributed by atoms with E-state index in [-0.39, 0.29) is 0 Å². The number of ether oxygens (including phenoxy) is 1. The van der Waals surface area contributed by atoms with Gasteiger partial charge in [0, 0.05) is 12.2 Å². The Bertz CT molecular complexity index is 540. The molecule has 0 atom stereocenters. The molecule has 0 amide bonds. The van der Waals surface area contributed by atoms with Crippen LogP contribution in [0.2, 0.25) is 0 Å². The Morgan fingerprint density at radius 2 is 1.62 bits per heavy atom. The van der Waals surface area contributed by atoms with E-state index in [0.29, 0.717) is 0 Å². The van der Waals surface area contributed by atoms with Crippen LogP contribution in [0, 0.1) is 13.8 Å². The zero-order valence-corrected chi connectivity index (χ0v) is 13.3. The highest BCUT2D eigenvalue weighted by molar-refractivity contribution is 5.56. The van der Waals surface area contributed by atoms with Crippen LogP contribution in [0.1, 0.15) is 36.5 Å². The molecule has 2 aromatic rings. The molecule has 0 aliphatic rings. The van der Waals surface area contributed by atoms with E-state index >= 15 is 0 Å². The van der Waals surface area contributed by atoms with E-state index in [0.717, 1.165) is 31.7 Å². The second kappa shape index (κ2) is 7.72. The van der Waals surface area contributed by atoms with E-state index in [1.54, 1.807) is 0 Å². The number of para-hydroxylation sites is 1. The summed E-state index contributed by atoms with van der Waals surface area (Å²) in [5.74, 6) is 0.958. The van der Waals surface area contributed by atoms with Gasteiger partial charge in [-0.25, -0.2) is 0 Å². The molecule has 0 fully saturated rings. The van der Waals surface area contributed by atoms with Crippen molar-refractivity contribution in [2.45, 2.75) is 40.2 Å². The van der Waals surface area contributed by atoms with Gasteiger partial charge in [-0.2, -0.15) is 0 Å². The number of anilines is 1. The Hall–Kier alpha value is -1.96. The lowest BCUT2D eigenvalue weighted by atomic mass is 10.1. The lowest BCUT2D eigenvalue weighted by molar-refractivity contribution is 0.309. The highest BCUT2D eigenvalue weighted by Crippen LogP contribution is 2.21. The summed E-state index contributed by atoms with van der Waals surface area (Å²) in [5.41, 5.74) is 5.07. The molecule has 21 heavy (non-hydrogen) atoms. The standard InChI is InChI=1S/C19H25NO/c1-4-5-13-21-18-11-9-17(10-12-18)14-20-19-15(2)7-6-8-16(19)3/h6-12,20H,4-5,13-14H2,1-3H3. The Labute approximate surface area is 128 Å². The second-order valence-electron chi connectivity index (χ2n) is 5.47. The maximum absolute atomic E-state index is 5.68. The number of unbranched alkanes of at least 4 members (excludes halogenated alkanes) is 1. The minimum absolute atomic E-state index is 0.802. The third kappa shape index (κ3) is 4.52. The fourth-order valence-corrected chi connectivity index (χ4v) is 2.32. The van der Waals surface area contributed by atoms with Crippen LogP contribution in [0.15, 0.2) is 42.5 Å². The van der Waals surface area contributed by atoms with Crippen LogP contribution < -0.4 is 10.1 Å². The molecule has 112 valence electrons. The smallest absolute Gasteiger partial charge is 0.119 e. The predicted molar refractivity (Wildman–Crippen MR) is 90.1 cm³/mol. The lowest BCUT2D eigenvalue weighted by Gasteiger charge is -2.13. The third-order valence-corrected chi connectivity index (χ3v) is 3.64. The average molecular weight is 283 g/mol. The molecule has 2 rings (SSSR count). The van der Waals surface area contributed by atoms with Crippen LogP contribution in [0.4, 0.5) is 5.69 Å². The molecule has 1 N–H and O–H groups in total. The monoisotopic (exact) mass is 283 g/mol. The molecule has 2 heteroatoms. The fraction of sp³-hybridized carbons (Fsp3) is 0.368. The van der Waals surface area contributed by atoms with E-state index in [1.165, 1.54) is 22.4 Å². The van der Waals surface area contributed by atoms with E-state index in [1.807, 2.05) is 0 Å². The van der Waals surface area contributed by atoms with Gasteiger partial charge in [0.1, 0.15) is 5.75 Å². The summed E-state index contributed by atoms with van der Waals surface area (Å²) in [6.07, 6.45) is 2.27. The van der Waals surface area contributed by atoms with Crippen LogP contribution in [-0.2, 0) is 6.54 Å². The summed E-state index contributed by atoms with van der Waals surface area (Å²) < 4.78 is 5.68. The molecule has 0 bridgehead atoms. The average Bonchev–Trinajstić information content (AvgIpc) is 2.48. The lowest BCUT2D eigenvalue weighted by Crippen LogP contribution is -2.03. The molecule has 0 spiro atoms. The van der Waals surface area contributed by atoms with E-state index in [2.05, 4.69) is 68.6 Å². The number of hydrogen-bond donors (Lipinski definition) is 1. The Morgan fingerprint density at radius 1 is 0.952 bits per heavy atom. The number of nitrogens with one attached hydrogen (secondary N) is 1. The van der Waals surface area contributed by atoms with Gasteiger partial charge in [-0.05, 0) is 49.1 Å². The molecule has 0 saturated heterocycles. The summed E-state index contributed by atoms with van der Waals surface area (Å²) in [6, 6.07) is 14.7. The van der Waals surface area contributed by atoms with Crippen LogP contribution in [-0.4, -0.2) is 6.61 Å². The molecule has 0 heterocycles. The fourth-order valence-electron chi connectivity index (χ4n) is 2.32. The van der Waals surface area contributed by atoms with Gasteiger partial charge in [0.05, 0.1) is 6.61 Å². The van der Waals surface area contributed by atoms with E-state index in [9.17, 15) is 0 Å². The van der Waals surface area contributed by atoms with Crippen molar-refractivity contribution < 1.29 is 4.74 Å². The Balaban J connectivity index is 1.92. The van der Waals surface area contributed by atoms with Gasteiger partial charge in [-0.1, -0.05) is 43.7 Å². The van der Waals surface area contributed by atoms with Crippen LogP contribution in [0.5, 0.6) is 5.75 Å². The van der Waals surface area contributed by atoms with Gasteiger partial charge >= 0.3 is 0 Å². The first-order valence-corrected chi connectivity index (χ1v) is 7.72. The van der Waals surface area contributed by atoms with Gasteiger partial charge < -0.3 is 10.1 Å². The molecule has 0 unspecified atom stereocenters. The first kappa shape index (κ1) is 15.4. The van der Waals surface area contributed by atoms with Crippen molar-refractivity contribution in [3.8, 4) is 5.75 Å². The Morgan fingerprint density at radius 3 is 2.24 bits per heavy atom. The van der Waals surface area contributed by atoms with Gasteiger partial charge in [-0.15, -0.1) is 0 Å². The number of hydrogen-bond acceptors (Lipinski definition) is 2. The van der Waals surface area contributed by atoms with E-state index < -0.39 is 0 Å². The molecular weight excluding hydrogens is 258 g/mol.